The van der Waals surface area contributed by atoms with Crippen LogP contribution in [0, 0.1) is 5.92 Å². The van der Waals surface area contributed by atoms with E-state index in [4.69, 9.17) is 5.73 Å². The molecule has 0 aliphatic rings. The summed E-state index contributed by atoms with van der Waals surface area (Å²) in [5, 5.41) is 2.70. The van der Waals surface area contributed by atoms with Crippen LogP contribution in [0.3, 0.4) is 0 Å². The number of rotatable bonds is 7. The lowest BCUT2D eigenvalue weighted by Crippen LogP contribution is -2.42. The Bertz CT molecular complexity index is 449. The zero-order chi connectivity index (χ0) is 16.0. The van der Waals surface area contributed by atoms with Crippen LogP contribution in [-0.2, 0) is 4.79 Å². The van der Waals surface area contributed by atoms with E-state index in [0.717, 1.165) is 10.9 Å². The predicted octanol–water partition coefficient (Wildman–Crippen LogP) is 2.54. The first kappa shape index (κ1) is 18.1. The van der Waals surface area contributed by atoms with Gasteiger partial charge in [0.2, 0.25) is 5.91 Å². The number of halogens is 1. The Morgan fingerprint density at radius 3 is 2.43 bits per heavy atom. The summed E-state index contributed by atoms with van der Waals surface area (Å²) in [7, 11) is 3.70. The molecule has 0 spiro atoms. The third-order valence-corrected chi connectivity index (χ3v) is 4.35. The summed E-state index contributed by atoms with van der Waals surface area (Å²) in [4.78, 5) is 13.9. The van der Waals surface area contributed by atoms with E-state index in [1.54, 1.807) is 7.05 Å². The second-order valence-electron chi connectivity index (χ2n) is 5.52. The molecule has 1 amide bonds. The molecule has 0 fully saturated rings. The van der Waals surface area contributed by atoms with Gasteiger partial charge in [-0.3, -0.25) is 9.69 Å². The third kappa shape index (κ3) is 5.09. The van der Waals surface area contributed by atoms with Gasteiger partial charge in [-0.1, -0.05) is 41.9 Å². The van der Waals surface area contributed by atoms with E-state index in [1.165, 1.54) is 5.56 Å². The first-order chi connectivity index (χ1) is 9.90. The summed E-state index contributed by atoms with van der Waals surface area (Å²) in [5.41, 5.74) is 7.50. The van der Waals surface area contributed by atoms with Gasteiger partial charge in [-0.05, 0) is 31.2 Å². The van der Waals surface area contributed by atoms with Crippen molar-refractivity contribution in [1.29, 1.82) is 0 Å². The van der Waals surface area contributed by atoms with Gasteiger partial charge in [0.15, 0.2) is 0 Å². The zero-order valence-corrected chi connectivity index (χ0v) is 14.9. The molecule has 3 atom stereocenters. The molecule has 1 aromatic rings. The number of nitrogens with zero attached hydrogens (tertiary/aromatic N) is 1. The minimum Gasteiger partial charge on any atom is -0.359 e. The van der Waals surface area contributed by atoms with Crippen LogP contribution in [0.2, 0.25) is 0 Å². The Hall–Kier alpha value is -0.910. The van der Waals surface area contributed by atoms with Crippen molar-refractivity contribution in [2.45, 2.75) is 32.4 Å². The minimum absolute atomic E-state index is 0.0352. The Morgan fingerprint density at radius 2 is 1.95 bits per heavy atom. The second kappa shape index (κ2) is 8.51. The van der Waals surface area contributed by atoms with Crippen molar-refractivity contribution >= 4 is 21.8 Å². The third-order valence-electron chi connectivity index (χ3n) is 3.82. The Balaban J connectivity index is 2.92. The van der Waals surface area contributed by atoms with Gasteiger partial charge >= 0.3 is 0 Å². The molecule has 0 aliphatic carbocycles. The molecule has 21 heavy (non-hydrogen) atoms. The molecule has 118 valence electrons. The highest BCUT2D eigenvalue weighted by Gasteiger charge is 2.25. The number of likely N-dealkylation sites (N-methyl/N-ethyl adjacent to an activating group) is 1. The summed E-state index contributed by atoms with van der Waals surface area (Å²) in [5.74, 6) is -0.0107. The van der Waals surface area contributed by atoms with Crippen molar-refractivity contribution < 1.29 is 4.79 Å². The van der Waals surface area contributed by atoms with Crippen LogP contribution < -0.4 is 11.1 Å². The lowest BCUT2D eigenvalue weighted by Gasteiger charge is -2.34. The zero-order valence-electron chi connectivity index (χ0n) is 13.3. The maximum Gasteiger partial charge on any atom is 0.223 e. The van der Waals surface area contributed by atoms with Crippen LogP contribution in [0.25, 0.3) is 0 Å². The Labute approximate surface area is 136 Å². The SMILES string of the molecule is CCC(N)C(c1ccc(Br)cc1)N(C)CC(C)C(=O)NC. The minimum atomic E-state index is -0.0676. The lowest BCUT2D eigenvalue weighted by molar-refractivity contribution is -0.124. The molecule has 4 nitrogen and oxygen atoms in total. The van der Waals surface area contributed by atoms with Crippen molar-refractivity contribution in [2.24, 2.45) is 11.7 Å². The quantitative estimate of drug-likeness (QED) is 0.789. The van der Waals surface area contributed by atoms with Gasteiger partial charge < -0.3 is 11.1 Å². The highest BCUT2D eigenvalue weighted by atomic mass is 79.9. The summed E-state index contributed by atoms with van der Waals surface area (Å²) in [6.45, 7) is 4.70. The van der Waals surface area contributed by atoms with E-state index in [-0.39, 0.29) is 23.9 Å². The molecule has 1 aromatic carbocycles. The number of benzene rings is 1. The first-order valence-electron chi connectivity index (χ1n) is 7.33. The van der Waals surface area contributed by atoms with Gasteiger partial charge in [0.25, 0.3) is 0 Å². The molecule has 0 aromatic heterocycles. The number of carbonyl (C=O) groups is 1. The van der Waals surface area contributed by atoms with Crippen molar-refractivity contribution in [1.82, 2.24) is 10.2 Å². The van der Waals surface area contributed by atoms with Crippen molar-refractivity contribution in [3.8, 4) is 0 Å². The normalized spacial score (nSPS) is 15.6. The summed E-state index contributed by atoms with van der Waals surface area (Å²) in [6.07, 6.45) is 0.888. The van der Waals surface area contributed by atoms with Crippen LogP contribution in [0.15, 0.2) is 28.7 Å². The standard InChI is InChI=1S/C16H26BrN3O/c1-5-14(18)15(12-6-8-13(17)9-7-12)20(4)10-11(2)16(21)19-3/h6-9,11,14-15H,5,10,18H2,1-4H3,(H,19,21). The van der Waals surface area contributed by atoms with E-state index >= 15 is 0 Å². The second-order valence-corrected chi connectivity index (χ2v) is 6.44. The van der Waals surface area contributed by atoms with Crippen LogP contribution in [0.5, 0.6) is 0 Å². The lowest BCUT2D eigenvalue weighted by atomic mass is 9.95. The smallest absolute Gasteiger partial charge is 0.223 e. The van der Waals surface area contributed by atoms with Gasteiger partial charge in [0.05, 0.1) is 0 Å². The topological polar surface area (TPSA) is 58.4 Å². The molecule has 0 radical (unpaired) electrons. The average Bonchev–Trinajstić information content (AvgIpc) is 2.48. The average molecular weight is 356 g/mol. The van der Waals surface area contributed by atoms with Gasteiger partial charge in [-0.2, -0.15) is 0 Å². The van der Waals surface area contributed by atoms with Crippen molar-refractivity contribution in [3.05, 3.63) is 34.3 Å². The highest BCUT2D eigenvalue weighted by Crippen LogP contribution is 2.26. The van der Waals surface area contributed by atoms with Crippen LogP contribution in [0.4, 0.5) is 0 Å². The Morgan fingerprint density at radius 1 is 1.38 bits per heavy atom. The maximum atomic E-state index is 11.7. The molecule has 0 heterocycles. The molecular weight excluding hydrogens is 330 g/mol. The fourth-order valence-corrected chi connectivity index (χ4v) is 2.85. The van der Waals surface area contributed by atoms with Crippen LogP contribution in [0.1, 0.15) is 31.9 Å². The summed E-state index contributed by atoms with van der Waals surface area (Å²) < 4.78 is 1.05. The number of carbonyl (C=O) groups excluding carboxylic acids is 1. The summed E-state index contributed by atoms with van der Waals surface area (Å²) >= 11 is 3.46. The number of hydrogen-bond acceptors (Lipinski definition) is 3. The molecule has 1 rings (SSSR count). The number of hydrogen-bond donors (Lipinski definition) is 2. The van der Waals surface area contributed by atoms with Gasteiger partial charge in [0.1, 0.15) is 0 Å². The molecule has 0 aliphatic heterocycles. The molecule has 0 saturated heterocycles. The van der Waals surface area contributed by atoms with Crippen LogP contribution >= 0.6 is 15.9 Å². The number of amides is 1. The van der Waals surface area contributed by atoms with Crippen molar-refractivity contribution in [2.75, 3.05) is 20.6 Å². The first-order valence-corrected chi connectivity index (χ1v) is 8.12. The van der Waals surface area contributed by atoms with E-state index in [2.05, 4.69) is 45.2 Å². The number of nitrogens with one attached hydrogen (secondary N) is 1. The predicted molar refractivity (Wildman–Crippen MR) is 91.0 cm³/mol. The van der Waals surface area contributed by atoms with E-state index in [0.29, 0.717) is 6.54 Å². The number of nitrogens with two attached hydrogens (primary N) is 1. The molecule has 0 saturated carbocycles. The van der Waals surface area contributed by atoms with E-state index in [9.17, 15) is 4.79 Å². The molecule has 0 bridgehead atoms. The van der Waals surface area contributed by atoms with E-state index in [1.807, 2.05) is 26.1 Å². The van der Waals surface area contributed by atoms with Gasteiger partial charge in [-0.25, -0.2) is 0 Å². The van der Waals surface area contributed by atoms with Crippen LogP contribution in [-0.4, -0.2) is 37.5 Å². The van der Waals surface area contributed by atoms with Crippen molar-refractivity contribution in [3.63, 3.8) is 0 Å². The molecule has 3 N–H and O–H groups in total. The summed E-state index contributed by atoms with van der Waals surface area (Å²) in [6, 6.07) is 8.38. The van der Waals surface area contributed by atoms with E-state index < -0.39 is 0 Å². The monoisotopic (exact) mass is 355 g/mol. The highest BCUT2D eigenvalue weighted by molar-refractivity contribution is 9.10. The largest absolute Gasteiger partial charge is 0.359 e. The fraction of sp³-hybridized carbons (Fsp3) is 0.562. The Kier molecular flexibility index (Phi) is 7.35. The fourth-order valence-electron chi connectivity index (χ4n) is 2.59. The maximum absolute atomic E-state index is 11.7. The van der Waals surface area contributed by atoms with Gasteiger partial charge in [0, 0.05) is 36.1 Å². The molecule has 3 unspecified atom stereocenters. The molecular formula is C16H26BrN3O. The molecule has 5 heteroatoms. The van der Waals surface area contributed by atoms with Gasteiger partial charge in [-0.15, -0.1) is 0 Å².